The third-order valence-corrected chi connectivity index (χ3v) is 9.85. The predicted octanol–water partition coefficient (Wildman–Crippen LogP) is 5.95. The molecule has 42 heavy (non-hydrogen) atoms. The lowest BCUT2D eigenvalue weighted by Crippen LogP contribution is -2.35. The Hall–Kier alpha value is -3.38. The van der Waals surface area contributed by atoms with E-state index in [0.29, 0.717) is 46.9 Å². The van der Waals surface area contributed by atoms with Crippen LogP contribution in [0.1, 0.15) is 49.3 Å². The van der Waals surface area contributed by atoms with Crippen LogP contribution in [-0.4, -0.2) is 42.6 Å². The summed E-state index contributed by atoms with van der Waals surface area (Å²) in [5.74, 6) is -1.41. The number of nitrogens with one attached hydrogen (secondary N) is 3. The molecule has 0 spiro atoms. The van der Waals surface area contributed by atoms with Gasteiger partial charge in [-0.15, -0.1) is 0 Å². The zero-order valence-electron chi connectivity index (χ0n) is 22.8. The molecule has 1 heterocycles. The van der Waals surface area contributed by atoms with Gasteiger partial charge < -0.3 is 15.7 Å². The first-order chi connectivity index (χ1) is 20.1. The summed E-state index contributed by atoms with van der Waals surface area (Å²) >= 11 is 6.13. The Morgan fingerprint density at radius 2 is 1.76 bits per heavy atom. The second-order valence-corrected chi connectivity index (χ2v) is 13.0. The van der Waals surface area contributed by atoms with Crippen LogP contribution < -0.4 is 15.4 Å². The van der Waals surface area contributed by atoms with E-state index in [1.807, 2.05) is 7.05 Å². The molecule has 0 bridgehead atoms. The van der Waals surface area contributed by atoms with Crippen LogP contribution in [-0.2, 0) is 16.4 Å². The number of fused-ring (bicyclic) bond motifs is 2. The molecule has 0 unspecified atom stereocenters. The summed E-state index contributed by atoms with van der Waals surface area (Å²) in [4.78, 5) is 8.85. The maximum Gasteiger partial charge on any atom is 0.262 e. The normalized spacial score (nSPS) is 20.5. The lowest BCUT2D eigenvalue weighted by atomic mass is 9.91. The molecule has 1 fully saturated rings. The Kier molecular flexibility index (Phi) is 7.77. The molecule has 8 nitrogen and oxygen atoms in total. The molecule has 3 aromatic carbocycles. The molecule has 1 atom stereocenters. The fourth-order valence-corrected chi connectivity index (χ4v) is 7.61. The number of anilines is 2. The summed E-state index contributed by atoms with van der Waals surface area (Å²) in [6.45, 7) is 0. The Labute approximate surface area is 247 Å². The van der Waals surface area contributed by atoms with Crippen molar-refractivity contribution in [1.82, 2.24) is 15.3 Å². The van der Waals surface area contributed by atoms with Gasteiger partial charge >= 0.3 is 0 Å². The van der Waals surface area contributed by atoms with Crippen molar-refractivity contribution < 1.29 is 22.3 Å². The molecule has 6 rings (SSSR count). The number of halogens is 3. The maximum atomic E-state index is 15.8. The molecule has 0 aliphatic heterocycles. The Morgan fingerprint density at radius 1 is 1.00 bits per heavy atom. The van der Waals surface area contributed by atoms with E-state index in [4.69, 9.17) is 11.6 Å². The quantitative estimate of drug-likeness (QED) is 0.203. The van der Waals surface area contributed by atoms with Crippen LogP contribution >= 0.6 is 11.6 Å². The molecule has 4 aromatic rings. The first kappa shape index (κ1) is 28.7. The van der Waals surface area contributed by atoms with E-state index in [2.05, 4.69) is 25.3 Å². The molecule has 1 aromatic heterocycles. The van der Waals surface area contributed by atoms with Crippen LogP contribution in [0.4, 0.5) is 20.4 Å². The number of rotatable bonds is 7. The molecule has 2 aliphatic rings. The van der Waals surface area contributed by atoms with Crippen LogP contribution in [0.25, 0.3) is 22.0 Å². The summed E-state index contributed by atoms with van der Waals surface area (Å²) in [6, 6.07) is 10.4. The highest BCUT2D eigenvalue weighted by Crippen LogP contribution is 2.39. The van der Waals surface area contributed by atoms with Gasteiger partial charge in [0, 0.05) is 28.7 Å². The van der Waals surface area contributed by atoms with Crippen molar-refractivity contribution in [2.24, 2.45) is 0 Å². The number of sulfonamides is 1. The molecule has 4 N–H and O–H groups in total. The first-order valence-corrected chi connectivity index (χ1v) is 15.7. The second kappa shape index (κ2) is 11.4. The van der Waals surface area contributed by atoms with Crippen molar-refractivity contribution in [2.45, 2.75) is 61.6 Å². The molecule has 12 heteroatoms. The lowest BCUT2D eigenvalue weighted by molar-refractivity contribution is 0.180. The van der Waals surface area contributed by atoms with Crippen molar-refractivity contribution in [3.8, 4) is 11.1 Å². The van der Waals surface area contributed by atoms with Crippen LogP contribution in [0.15, 0.2) is 53.6 Å². The smallest absolute Gasteiger partial charge is 0.262 e. The van der Waals surface area contributed by atoms with Gasteiger partial charge in [0.15, 0.2) is 5.82 Å². The van der Waals surface area contributed by atoms with Gasteiger partial charge in [0.25, 0.3) is 10.0 Å². The van der Waals surface area contributed by atoms with Gasteiger partial charge in [0.2, 0.25) is 5.95 Å². The highest BCUT2D eigenvalue weighted by Gasteiger charge is 2.30. The van der Waals surface area contributed by atoms with Gasteiger partial charge in [-0.25, -0.2) is 27.2 Å². The standard InChI is InChI=1S/C30H30ClF2N5O3S/c1-34-19-3-5-20(6-4-19)36-30-35-15-17-12-16(2-9-24(17)37-30)28-23(32)8-10-25(29(28)33)38-42(40,41)27-14-18(31)13-22-21(27)7-11-26(22)39/h2,8-10,12-15,19-20,26,34,38-39H,3-7,11H2,1H3,(H,35,36,37)/t19?,20?,26-/m1/s1. The summed E-state index contributed by atoms with van der Waals surface area (Å²) in [5.41, 5.74) is 0.877. The van der Waals surface area contributed by atoms with Crippen LogP contribution in [0.3, 0.4) is 0 Å². The molecule has 0 amide bonds. The van der Waals surface area contributed by atoms with Gasteiger partial charge in [0.05, 0.1) is 27.8 Å². The number of aromatic nitrogens is 2. The monoisotopic (exact) mass is 613 g/mol. The van der Waals surface area contributed by atoms with E-state index in [9.17, 15) is 13.5 Å². The van der Waals surface area contributed by atoms with Crippen LogP contribution in [0, 0.1) is 11.6 Å². The van der Waals surface area contributed by atoms with E-state index in [1.165, 1.54) is 12.1 Å². The van der Waals surface area contributed by atoms with Gasteiger partial charge in [-0.2, -0.15) is 0 Å². The van der Waals surface area contributed by atoms with Crippen molar-refractivity contribution in [2.75, 3.05) is 17.1 Å². The average Bonchev–Trinajstić information content (AvgIpc) is 3.34. The minimum Gasteiger partial charge on any atom is -0.388 e. The predicted molar refractivity (Wildman–Crippen MR) is 159 cm³/mol. The van der Waals surface area contributed by atoms with Gasteiger partial charge in [-0.1, -0.05) is 17.7 Å². The number of benzene rings is 3. The third kappa shape index (κ3) is 5.54. The maximum absolute atomic E-state index is 15.8. The lowest BCUT2D eigenvalue weighted by Gasteiger charge is -2.28. The van der Waals surface area contributed by atoms with E-state index in [1.54, 1.807) is 24.4 Å². The summed E-state index contributed by atoms with van der Waals surface area (Å²) in [7, 11) is -2.34. The van der Waals surface area contributed by atoms with Crippen molar-refractivity contribution >= 4 is 44.2 Å². The van der Waals surface area contributed by atoms with E-state index >= 15 is 8.78 Å². The summed E-state index contributed by atoms with van der Waals surface area (Å²) < 4.78 is 59.7. The van der Waals surface area contributed by atoms with Crippen molar-refractivity contribution in [3.05, 3.63) is 76.4 Å². The zero-order chi connectivity index (χ0) is 29.6. The van der Waals surface area contributed by atoms with E-state index < -0.39 is 33.4 Å². The minimum absolute atomic E-state index is 0.133. The number of hydrogen-bond donors (Lipinski definition) is 4. The molecule has 0 radical (unpaired) electrons. The average molecular weight is 614 g/mol. The Bertz CT molecular complexity index is 1780. The SMILES string of the molecule is CNC1CCC(Nc2ncc3cc(-c4c(F)ccc(NS(=O)(=O)c5cc(Cl)cc6c5CC[C@H]6O)c4F)ccc3n2)CC1. The topological polar surface area (TPSA) is 116 Å². The van der Waals surface area contributed by atoms with Crippen molar-refractivity contribution in [3.63, 3.8) is 0 Å². The van der Waals surface area contributed by atoms with Gasteiger partial charge in [0.1, 0.15) is 5.82 Å². The van der Waals surface area contributed by atoms with Gasteiger partial charge in [-0.05, 0) is 98.7 Å². The van der Waals surface area contributed by atoms with Crippen LogP contribution in [0.5, 0.6) is 0 Å². The fraction of sp³-hybridized carbons (Fsp3) is 0.333. The highest BCUT2D eigenvalue weighted by atomic mass is 35.5. The molecule has 2 aliphatic carbocycles. The van der Waals surface area contributed by atoms with E-state index in [0.717, 1.165) is 37.8 Å². The van der Waals surface area contributed by atoms with Crippen LogP contribution in [0.2, 0.25) is 5.02 Å². The van der Waals surface area contributed by atoms with Crippen molar-refractivity contribution in [1.29, 1.82) is 0 Å². The summed E-state index contributed by atoms with van der Waals surface area (Å²) in [5, 5.41) is 17.6. The minimum atomic E-state index is -4.31. The molecular formula is C30H30ClF2N5O3S. The molecular weight excluding hydrogens is 584 g/mol. The number of aliphatic hydroxyl groups is 1. The Morgan fingerprint density at radius 3 is 2.52 bits per heavy atom. The van der Waals surface area contributed by atoms with Gasteiger partial charge in [-0.3, -0.25) is 4.72 Å². The molecule has 1 saturated carbocycles. The zero-order valence-corrected chi connectivity index (χ0v) is 24.4. The second-order valence-electron chi connectivity index (χ2n) is 10.9. The molecule has 220 valence electrons. The van der Waals surface area contributed by atoms with E-state index in [-0.39, 0.29) is 27.1 Å². The first-order valence-electron chi connectivity index (χ1n) is 13.8. The molecule has 0 saturated heterocycles. The fourth-order valence-electron chi connectivity index (χ4n) is 5.94. The Balaban J connectivity index is 1.27. The third-order valence-electron chi connectivity index (χ3n) is 8.20. The number of nitrogens with zero attached hydrogens (tertiary/aromatic N) is 2. The largest absolute Gasteiger partial charge is 0.388 e. The highest BCUT2D eigenvalue weighted by molar-refractivity contribution is 7.92. The number of aliphatic hydroxyl groups excluding tert-OH is 1. The summed E-state index contributed by atoms with van der Waals surface area (Å²) in [6.07, 6.45) is 5.61. The number of hydrogen-bond acceptors (Lipinski definition) is 7.